The highest BCUT2D eigenvalue weighted by atomic mass is 14.5. The van der Waals surface area contributed by atoms with Crippen LogP contribution in [0.5, 0.6) is 0 Å². The van der Waals surface area contributed by atoms with Gasteiger partial charge in [-0.15, -0.1) is 0 Å². The summed E-state index contributed by atoms with van der Waals surface area (Å²) in [6.45, 7) is 0. The third-order valence-corrected chi connectivity index (χ3v) is 5.54. The van der Waals surface area contributed by atoms with Gasteiger partial charge in [-0.2, -0.15) is 0 Å². The Morgan fingerprint density at radius 3 is 1.23 bits per heavy atom. The normalized spacial score (nSPS) is 39.6. The van der Waals surface area contributed by atoms with Crippen LogP contribution in [0.4, 0.5) is 0 Å². The van der Waals surface area contributed by atoms with Gasteiger partial charge in [0.1, 0.15) is 0 Å². The molecular formula is C22H38. The third-order valence-electron chi connectivity index (χ3n) is 5.54. The first kappa shape index (κ1) is 21.0. The number of hydrogen-bond acceptors (Lipinski definition) is 0. The van der Waals surface area contributed by atoms with E-state index in [4.69, 9.17) is 0 Å². The van der Waals surface area contributed by atoms with E-state index in [-0.39, 0.29) is 29.7 Å². The Labute approximate surface area is 140 Å². The molecule has 0 aromatic rings. The van der Waals surface area contributed by atoms with Crippen LogP contribution in [0.25, 0.3) is 0 Å². The molecule has 0 aliphatic heterocycles. The van der Waals surface area contributed by atoms with E-state index in [0.717, 1.165) is 35.5 Å². The zero-order valence-corrected chi connectivity index (χ0v) is 10.9. The standard InChI is InChI=1S/C11H14.C7H8.4CH4/c1-2-4-11-9-6-5-8(7-9)10(11)3-1;1-2-7-4-3-6(1)5-7;;;;/h1-2,5-6,8-11H,3-4,7H2;1-4,6-7H,5H2;4*1H4. The van der Waals surface area contributed by atoms with Crippen LogP contribution in [0.2, 0.25) is 0 Å². The van der Waals surface area contributed by atoms with Crippen molar-refractivity contribution in [1.29, 1.82) is 0 Å². The lowest BCUT2D eigenvalue weighted by Gasteiger charge is -2.28. The highest BCUT2D eigenvalue weighted by Crippen LogP contribution is 2.52. The second kappa shape index (κ2) is 8.56. The Balaban J connectivity index is 0.000000360. The van der Waals surface area contributed by atoms with Crippen LogP contribution < -0.4 is 0 Å². The van der Waals surface area contributed by atoms with Crippen LogP contribution in [0, 0.1) is 35.5 Å². The molecular weight excluding hydrogens is 264 g/mol. The maximum atomic E-state index is 2.46. The van der Waals surface area contributed by atoms with Crippen molar-refractivity contribution < 1.29 is 0 Å². The zero-order valence-electron chi connectivity index (χ0n) is 10.9. The third kappa shape index (κ3) is 3.65. The van der Waals surface area contributed by atoms with Gasteiger partial charge in [0.2, 0.25) is 0 Å². The summed E-state index contributed by atoms with van der Waals surface area (Å²) in [5.74, 6) is 5.57. The lowest BCUT2D eigenvalue weighted by molar-refractivity contribution is 0.302. The molecule has 22 heavy (non-hydrogen) atoms. The van der Waals surface area contributed by atoms with Crippen molar-refractivity contribution in [2.75, 3.05) is 0 Å². The molecule has 0 saturated heterocycles. The minimum Gasteiger partial charge on any atom is -0.0882 e. The van der Waals surface area contributed by atoms with Crippen LogP contribution in [0.15, 0.2) is 48.6 Å². The Morgan fingerprint density at radius 1 is 0.500 bits per heavy atom. The first-order valence-electron chi connectivity index (χ1n) is 7.60. The van der Waals surface area contributed by atoms with Crippen molar-refractivity contribution in [3.05, 3.63) is 48.6 Å². The molecule has 0 amide bonds. The van der Waals surface area contributed by atoms with E-state index in [1.165, 1.54) is 25.7 Å². The summed E-state index contributed by atoms with van der Waals surface area (Å²) in [7, 11) is 0. The highest BCUT2D eigenvalue weighted by molar-refractivity contribution is 5.21. The molecule has 1 saturated carbocycles. The molecule has 0 nitrogen and oxygen atoms in total. The van der Waals surface area contributed by atoms with Crippen LogP contribution in [0.3, 0.4) is 0 Å². The van der Waals surface area contributed by atoms with Crippen LogP contribution in [-0.2, 0) is 0 Å². The summed E-state index contributed by atoms with van der Waals surface area (Å²) in [6.07, 6.45) is 24.4. The van der Waals surface area contributed by atoms with E-state index in [9.17, 15) is 0 Å². The van der Waals surface area contributed by atoms with Crippen molar-refractivity contribution in [3.8, 4) is 0 Å². The molecule has 4 bridgehead atoms. The first-order valence-corrected chi connectivity index (χ1v) is 7.60. The number of allylic oxidation sites excluding steroid dienone is 8. The van der Waals surface area contributed by atoms with Crippen LogP contribution in [-0.4, -0.2) is 0 Å². The number of fused-ring (bicyclic) bond motifs is 7. The van der Waals surface area contributed by atoms with E-state index >= 15 is 0 Å². The smallest absolute Gasteiger partial charge is 0.00445 e. The van der Waals surface area contributed by atoms with Gasteiger partial charge in [-0.1, -0.05) is 78.3 Å². The van der Waals surface area contributed by atoms with Gasteiger partial charge < -0.3 is 0 Å². The van der Waals surface area contributed by atoms with Crippen LogP contribution in [0.1, 0.15) is 55.4 Å². The van der Waals surface area contributed by atoms with E-state index in [2.05, 4.69) is 48.6 Å². The van der Waals surface area contributed by atoms with Gasteiger partial charge >= 0.3 is 0 Å². The Morgan fingerprint density at radius 2 is 0.909 bits per heavy atom. The fourth-order valence-corrected chi connectivity index (χ4v) is 4.56. The van der Waals surface area contributed by atoms with Crippen molar-refractivity contribution in [2.24, 2.45) is 35.5 Å². The second-order valence-corrected chi connectivity index (χ2v) is 6.55. The second-order valence-electron chi connectivity index (χ2n) is 6.55. The average molecular weight is 303 g/mol. The molecule has 5 rings (SSSR count). The topological polar surface area (TPSA) is 0 Å². The van der Waals surface area contributed by atoms with Gasteiger partial charge in [0.15, 0.2) is 0 Å². The zero-order chi connectivity index (χ0) is 11.9. The minimum atomic E-state index is 0. The maximum Gasteiger partial charge on any atom is -0.00445 e. The summed E-state index contributed by atoms with van der Waals surface area (Å²) in [6, 6.07) is 0. The molecule has 0 radical (unpaired) electrons. The summed E-state index contributed by atoms with van der Waals surface area (Å²) >= 11 is 0. The van der Waals surface area contributed by atoms with Gasteiger partial charge in [-0.25, -0.2) is 0 Å². The molecule has 1 fully saturated rings. The van der Waals surface area contributed by atoms with Gasteiger partial charge in [-0.3, -0.25) is 0 Å². The predicted molar refractivity (Wildman–Crippen MR) is 103 cm³/mol. The van der Waals surface area contributed by atoms with Gasteiger partial charge in [0.25, 0.3) is 0 Å². The molecule has 0 aromatic carbocycles. The van der Waals surface area contributed by atoms with Crippen molar-refractivity contribution in [3.63, 3.8) is 0 Å². The molecule has 0 heteroatoms. The van der Waals surface area contributed by atoms with Crippen molar-refractivity contribution >= 4 is 0 Å². The maximum absolute atomic E-state index is 2.46. The van der Waals surface area contributed by atoms with E-state index < -0.39 is 0 Å². The SMILES string of the molecule is C.C.C.C.C1=CC2C=CC1C2.C1=CCC2C3C=CC(C3)C2C1. The van der Waals surface area contributed by atoms with Gasteiger partial charge in [-0.05, 0) is 61.2 Å². The predicted octanol–water partition coefficient (Wildman–Crippen LogP) is 7.07. The molecule has 0 aromatic heterocycles. The molecule has 126 valence electrons. The summed E-state index contributed by atoms with van der Waals surface area (Å²) in [4.78, 5) is 0. The molecule has 5 aliphatic rings. The summed E-state index contributed by atoms with van der Waals surface area (Å²) in [5, 5.41) is 0. The van der Waals surface area contributed by atoms with Crippen LogP contribution >= 0.6 is 0 Å². The molecule has 4 atom stereocenters. The van der Waals surface area contributed by atoms with Crippen molar-refractivity contribution in [2.45, 2.75) is 55.4 Å². The van der Waals surface area contributed by atoms with E-state index in [1.54, 1.807) is 0 Å². The number of rotatable bonds is 0. The average Bonchev–Trinajstić information content (AvgIpc) is 3.21. The lowest BCUT2D eigenvalue weighted by Crippen LogP contribution is -2.20. The van der Waals surface area contributed by atoms with Gasteiger partial charge in [0.05, 0.1) is 0 Å². The molecule has 0 spiro atoms. The molecule has 0 heterocycles. The fraction of sp³-hybridized carbons (Fsp3) is 0.636. The monoisotopic (exact) mass is 302 g/mol. The highest BCUT2D eigenvalue weighted by Gasteiger charge is 2.43. The minimum absolute atomic E-state index is 0. The first-order chi connectivity index (χ1) is 8.90. The Hall–Kier alpha value is -1.04. The summed E-state index contributed by atoms with van der Waals surface area (Å²) < 4.78 is 0. The largest absolute Gasteiger partial charge is 0.0882 e. The summed E-state index contributed by atoms with van der Waals surface area (Å²) in [5.41, 5.74) is 0. The number of hydrogen-bond donors (Lipinski definition) is 0. The Bertz CT molecular complexity index is 387. The van der Waals surface area contributed by atoms with Crippen molar-refractivity contribution in [1.82, 2.24) is 0 Å². The quantitative estimate of drug-likeness (QED) is 0.420. The van der Waals surface area contributed by atoms with E-state index in [1.807, 2.05) is 0 Å². The lowest BCUT2D eigenvalue weighted by atomic mass is 9.76. The molecule has 5 aliphatic carbocycles. The molecule has 4 unspecified atom stereocenters. The van der Waals surface area contributed by atoms with Gasteiger partial charge in [0, 0.05) is 0 Å². The molecule has 0 N–H and O–H groups in total. The fourth-order valence-electron chi connectivity index (χ4n) is 4.56. The van der Waals surface area contributed by atoms with E-state index in [0.29, 0.717) is 0 Å². The Kier molecular flexibility index (Phi) is 8.15.